The van der Waals surface area contributed by atoms with Crippen molar-refractivity contribution in [1.82, 2.24) is 0 Å². The smallest absolute Gasteiger partial charge is 0.196 e. The van der Waals surface area contributed by atoms with E-state index in [4.69, 9.17) is 4.42 Å². The van der Waals surface area contributed by atoms with Crippen molar-refractivity contribution in [2.45, 2.75) is 33.4 Å². The lowest BCUT2D eigenvalue weighted by Gasteiger charge is -2.20. The molecule has 0 saturated heterocycles. The summed E-state index contributed by atoms with van der Waals surface area (Å²) >= 11 is 0. The van der Waals surface area contributed by atoms with Crippen LogP contribution in [0.3, 0.4) is 0 Å². The van der Waals surface area contributed by atoms with Crippen molar-refractivity contribution in [3.05, 3.63) is 99.2 Å². The summed E-state index contributed by atoms with van der Waals surface area (Å²) in [5.41, 5.74) is 5.67. The van der Waals surface area contributed by atoms with Crippen LogP contribution in [0.2, 0.25) is 0 Å². The van der Waals surface area contributed by atoms with Crippen molar-refractivity contribution < 1.29 is 9.52 Å². The minimum Gasteiger partial charge on any atom is -0.455 e. The first-order chi connectivity index (χ1) is 14.5. The molecule has 0 bridgehead atoms. The van der Waals surface area contributed by atoms with Gasteiger partial charge in [-0.05, 0) is 38.5 Å². The maximum Gasteiger partial charge on any atom is 0.196 e. The molecule has 0 unspecified atom stereocenters. The second-order valence-corrected chi connectivity index (χ2v) is 7.66. The van der Waals surface area contributed by atoms with Crippen LogP contribution < -0.4 is 10.7 Å². The summed E-state index contributed by atoms with van der Waals surface area (Å²) in [4.78, 5) is 13.2. The van der Waals surface area contributed by atoms with E-state index in [1.807, 2.05) is 81.4 Å². The maximum atomic E-state index is 13.2. The summed E-state index contributed by atoms with van der Waals surface area (Å²) in [6.45, 7) is 5.79. The fourth-order valence-corrected chi connectivity index (χ4v) is 3.86. The molecule has 0 spiro atoms. The van der Waals surface area contributed by atoms with Gasteiger partial charge in [-0.3, -0.25) is 4.79 Å². The number of aliphatic hydroxyl groups is 1. The molecule has 4 nitrogen and oxygen atoms in total. The summed E-state index contributed by atoms with van der Waals surface area (Å²) in [7, 11) is 0. The van der Waals surface area contributed by atoms with Crippen LogP contribution in [0, 0.1) is 13.8 Å². The predicted octanol–water partition coefficient (Wildman–Crippen LogP) is 5.74. The van der Waals surface area contributed by atoms with Crippen LogP contribution in [0.4, 0.5) is 5.69 Å². The first-order valence-electron chi connectivity index (χ1n) is 10.1. The standard InChI is InChI=1S/C26H25NO3/c1-16-13-21(18(3)27-23-12-8-7-11-20(23)15-28)26-22(14-16)24(29)17(2)25(30-26)19-9-5-4-6-10-19/h4-14,18,27-28H,15H2,1-3H3/t18-/m1/s1. The third-order valence-corrected chi connectivity index (χ3v) is 5.45. The number of hydrogen-bond acceptors (Lipinski definition) is 4. The molecule has 0 aliphatic rings. The molecule has 0 fully saturated rings. The zero-order valence-electron chi connectivity index (χ0n) is 17.4. The Morgan fingerprint density at radius 1 is 1.00 bits per heavy atom. The third kappa shape index (κ3) is 3.62. The fourth-order valence-electron chi connectivity index (χ4n) is 3.86. The van der Waals surface area contributed by atoms with Crippen LogP contribution in [0.25, 0.3) is 22.3 Å². The molecular formula is C26H25NO3. The molecule has 1 aromatic heterocycles. The van der Waals surface area contributed by atoms with Gasteiger partial charge in [-0.1, -0.05) is 54.6 Å². The van der Waals surface area contributed by atoms with Gasteiger partial charge in [-0.2, -0.15) is 0 Å². The van der Waals surface area contributed by atoms with E-state index in [0.29, 0.717) is 22.3 Å². The van der Waals surface area contributed by atoms with Crippen molar-refractivity contribution in [2.75, 3.05) is 5.32 Å². The Morgan fingerprint density at radius 3 is 2.43 bits per heavy atom. The molecule has 30 heavy (non-hydrogen) atoms. The molecule has 0 aliphatic heterocycles. The number of benzene rings is 3. The number of aliphatic hydroxyl groups excluding tert-OH is 1. The number of aryl methyl sites for hydroxylation is 1. The van der Waals surface area contributed by atoms with E-state index in [-0.39, 0.29) is 18.1 Å². The van der Waals surface area contributed by atoms with Crippen molar-refractivity contribution >= 4 is 16.7 Å². The van der Waals surface area contributed by atoms with Crippen LogP contribution in [0.1, 0.15) is 35.2 Å². The minimum atomic E-state index is -0.130. The second-order valence-electron chi connectivity index (χ2n) is 7.66. The number of rotatable bonds is 5. The largest absolute Gasteiger partial charge is 0.455 e. The van der Waals surface area contributed by atoms with Gasteiger partial charge < -0.3 is 14.8 Å². The SMILES string of the molecule is Cc1cc([C@@H](C)Nc2ccccc2CO)c2oc(-c3ccccc3)c(C)c(=O)c2c1. The van der Waals surface area contributed by atoms with Crippen LogP contribution in [-0.2, 0) is 6.61 Å². The highest BCUT2D eigenvalue weighted by Crippen LogP contribution is 2.32. The Morgan fingerprint density at radius 2 is 1.70 bits per heavy atom. The van der Waals surface area contributed by atoms with E-state index in [0.717, 1.165) is 27.9 Å². The molecule has 152 valence electrons. The Kier molecular flexibility index (Phi) is 5.42. The Balaban J connectivity index is 1.89. The summed E-state index contributed by atoms with van der Waals surface area (Å²) in [5.74, 6) is 0.598. The average molecular weight is 399 g/mol. The number of hydrogen-bond donors (Lipinski definition) is 2. The second kappa shape index (κ2) is 8.17. The lowest BCUT2D eigenvalue weighted by Crippen LogP contribution is -2.13. The first-order valence-corrected chi connectivity index (χ1v) is 10.1. The first kappa shape index (κ1) is 19.9. The highest BCUT2D eigenvalue weighted by molar-refractivity contribution is 5.84. The maximum absolute atomic E-state index is 13.2. The summed E-state index contributed by atoms with van der Waals surface area (Å²) in [6.07, 6.45) is 0. The van der Waals surface area contributed by atoms with Crippen LogP contribution in [0.15, 0.2) is 75.9 Å². The van der Waals surface area contributed by atoms with E-state index < -0.39 is 0 Å². The van der Waals surface area contributed by atoms with Gasteiger partial charge in [-0.25, -0.2) is 0 Å². The topological polar surface area (TPSA) is 62.5 Å². The fraction of sp³-hybridized carbons (Fsp3) is 0.192. The van der Waals surface area contributed by atoms with Crippen molar-refractivity contribution in [1.29, 1.82) is 0 Å². The zero-order chi connectivity index (χ0) is 21.3. The van der Waals surface area contributed by atoms with E-state index in [9.17, 15) is 9.90 Å². The molecular weight excluding hydrogens is 374 g/mol. The normalized spacial score (nSPS) is 12.1. The van der Waals surface area contributed by atoms with E-state index in [1.54, 1.807) is 0 Å². The molecule has 4 aromatic rings. The van der Waals surface area contributed by atoms with Gasteiger partial charge in [0.1, 0.15) is 11.3 Å². The lowest BCUT2D eigenvalue weighted by molar-refractivity contribution is 0.282. The molecule has 4 heteroatoms. The highest BCUT2D eigenvalue weighted by Gasteiger charge is 2.19. The average Bonchev–Trinajstić information content (AvgIpc) is 2.77. The number of fused-ring (bicyclic) bond motifs is 1. The van der Waals surface area contributed by atoms with Gasteiger partial charge in [0.25, 0.3) is 0 Å². The zero-order valence-corrected chi connectivity index (χ0v) is 17.4. The van der Waals surface area contributed by atoms with Crippen LogP contribution >= 0.6 is 0 Å². The van der Waals surface area contributed by atoms with Crippen molar-refractivity contribution in [3.8, 4) is 11.3 Å². The van der Waals surface area contributed by atoms with Crippen LogP contribution in [-0.4, -0.2) is 5.11 Å². The molecule has 0 aliphatic carbocycles. The van der Waals surface area contributed by atoms with Crippen LogP contribution in [0.5, 0.6) is 0 Å². The monoisotopic (exact) mass is 399 g/mol. The minimum absolute atomic E-state index is 0.0111. The van der Waals surface area contributed by atoms with Gasteiger partial charge in [0, 0.05) is 27.9 Å². The van der Waals surface area contributed by atoms with Gasteiger partial charge in [0.2, 0.25) is 0 Å². The molecule has 0 saturated carbocycles. The van der Waals surface area contributed by atoms with Gasteiger partial charge in [0.05, 0.1) is 18.0 Å². The molecule has 1 heterocycles. The molecule has 0 radical (unpaired) electrons. The summed E-state index contributed by atoms with van der Waals surface area (Å²) in [5, 5.41) is 13.7. The van der Waals surface area contributed by atoms with Crippen molar-refractivity contribution in [3.63, 3.8) is 0 Å². The highest BCUT2D eigenvalue weighted by atomic mass is 16.3. The van der Waals surface area contributed by atoms with Gasteiger partial charge in [-0.15, -0.1) is 0 Å². The quantitative estimate of drug-likeness (QED) is 0.449. The molecule has 1 atom stereocenters. The number of anilines is 1. The van der Waals surface area contributed by atoms with E-state index in [2.05, 4.69) is 11.4 Å². The lowest BCUT2D eigenvalue weighted by atomic mass is 9.98. The number of para-hydroxylation sites is 1. The molecule has 2 N–H and O–H groups in total. The molecule has 4 rings (SSSR count). The number of nitrogens with one attached hydrogen (secondary N) is 1. The summed E-state index contributed by atoms with van der Waals surface area (Å²) in [6, 6.07) is 21.2. The van der Waals surface area contributed by atoms with Gasteiger partial charge >= 0.3 is 0 Å². The third-order valence-electron chi connectivity index (χ3n) is 5.45. The van der Waals surface area contributed by atoms with E-state index >= 15 is 0 Å². The summed E-state index contributed by atoms with van der Waals surface area (Å²) < 4.78 is 6.37. The Bertz CT molecular complexity index is 1260. The Hall–Kier alpha value is -3.37. The predicted molar refractivity (Wildman–Crippen MR) is 122 cm³/mol. The molecule has 0 amide bonds. The molecule has 3 aromatic carbocycles. The Labute approximate surface area is 175 Å². The van der Waals surface area contributed by atoms with Gasteiger partial charge in [0.15, 0.2) is 5.43 Å². The van der Waals surface area contributed by atoms with Crippen molar-refractivity contribution in [2.24, 2.45) is 0 Å². The van der Waals surface area contributed by atoms with E-state index in [1.165, 1.54) is 0 Å².